The van der Waals surface area contributed by atoms with Crippen molar-refractivity contribution in [2.45, 2.75) is 104 Å². The van der Waals surface area contributed by atoms with Gasteiger partial charge in [0.25, 0.3) is 0 Å². The Balaban J connectivity index is 1.58. The van der Waals surface area contributed by atoms with E-state index in [1.165, 1.54) is 26.3 Å². The summed E-state index contributed by atoms with van der Waals surface area (Å²) in [7, 11) is 0. The molecule has 190 valence electrons. The highest BCUT2D eigenvalue weighted by Gasteiger charge is 2.66. The number of esters is 3. The SMILES string of the molecule is CC(=O)OC[C@H](OC(C)=O)[C@@]1(O)CC[C@@H]2[C@H]3CC=C4C[C@@H](OC(C)=O)CC[C@]4(C)[C@@H]3CC[C@@]21C. The Labute approximate surface area is 202 Å². The largest absolute Gasteiger partial charge is 0.462 e. The molecule has 0 spiro atoms. The molecule has 3 saturated carbocycles. The monoisotopic (exact) mass is 476 g/mol. The molecule has 0 aromatic heterocycles. The number of aliphatic hydroxyl groups is 1. The van der Waals surface area contributed by atoms with Crippen LogP contribution in [0.4, 0.5) is 0 Å². The highest BCUT2D eigenvalue weighted by Crippen LogP contribution is 2.67. The molecule has 0 aromatic rings. The number of carbonyl (C=O) groups excluding carboxylic acids is 3. The van der Waals surface area contributed by atoms with E-state index in [1.54, 1.807) is 0 Å². The van der Waals surface area contributed by atoms with Gasteiger partial charge in [-0.05, 0) is 68.1 Å². The van der Waals surface area contributed by atoms with Gasteiger partial charge in [0.15, 0.2) is 6.10 Å². The van der Waals surface area contributed by atoms with Gasteiger partial charge in [0, 0.05) is 32.6 Å². The van der Waals surface area contributed by atoms with Crippen molar-refractivity contribution >= 4 is 17.9 Å². The van der Waals surface area contributed by atoms with Crippen LogP contribution in [0.1, 0.15) is 86.0 Å². The van der Waals surface area contributed by atoms with Gasteiger partial charge in [-0.1, -0.05) is 25.5 Å². The maximum absolute atomic E-state index is 12.0. The number of hydrogen-bond acceptors (Lipinski definition) is 7. The van der Waals surface area contributed by atoms with Crippen molar-refractivity contribution < 1.29 is 33.7 Å². The zero-order valence-electron chi connectivity index (χ0n) is 21.2. The lowest BCUT2D eigenvalue weighted by molar-refractivity contribution is -0.206. The standard InChI is InChI=1S/C27H40O7/c1-16(28)32-15-24(34-18(3)30)27(31)13-10-23-21-7-6-19-14-20(33-17(2)29)8-11-25(19,4)22(21)9-12-26(23,27)5/h6,20-24,31H,7-15H2,1-5H3/t20-,21-,22+,23+,24-,25-,26-,27-/m0/s1. The molecule has 4 rings (SSSR count). The van der Waals surface area contributed by atoms with Crippen LogP contribution in [0, 0.1) is 28.6 Å². The summed E-state index contributed by atoms with van der Waals surface area (Å²) in [5.41, 5.74) is -0.141. The lowest BCUT2D eigenvalue weighted by Crippen LogP contribution is -2.60. The van der Waals surface area contributed by atoms with Gasteiger partial charge in [-0.2, -0.15) is 0 Å². The molecule has 0 saturated heterocycles. The van der Waals surface area contributed by atoms with E-state index < -0.39 is 29.1 Å². The van der Waals surface area contributed by atoms with E-state index in [-0.39, 0.29) is 24.1 Å². The van der Waals surface area contributed by atoms with E-state index in [4.69, 9.17) is 14.2 Å². The molecule has 0 amide bonds. The Kier molecular flexibility index (Phi) is 6.64. The van der Waals surface area contributed by atoms with Gasteiger partial charge in [0.05, 0.1) is 0 Å². The van der Waals surface area contributed by atoms with E-state index >= 15 is 0 Å². The number of allylic oxidation sites excluding steroid dienone is 1. The van der Waals surface area contributed by atoms with Gasteiger partial charge in [0.1, 0.15) is 18.3 Å². The Morgan fingerprint density at radius 1 is 1.00 bits per heavy atom. The maximum atomic E-state index is 12.0. The number of ether oxygens (including phenoxy) is 3. The van der Waals surface area contributed by atoms with Crippen LogP contribution < -0.4 is 0 Å². The molecule has 4 aliphatic rings. The molecule has 4 aliphatic carbocycles. The Morgan fingerprint density at radius 2 is 1.71 bits per heavy atom. The first-order chi connectivity index (χ1) is 15.9. The first-order valence-electron chi connectivity index (χ1n) is 12.8. The van der Waals surface area contributed by atoms with Crippen molar-refractivity contribution in [2.24, 2.45) is 28.6 Å². The second-order valence-corrected chi connectivity index (χ2v) is 11.6. The van der Waals surface area contributed by atoms with Gasteiger partial charge in [-0.3, -0.25) is 14.4 Å². The molecule has 0 unspecified atom stereocenters. The van der Waals surface area contributed by atoms with Crippen molar-refractivity contribution in [1.29, 1.82) is 0 Å². The number of hydrogen-bond donors (Lipinski definition) is 1. The topological polar surface area (TPSA) is 99.1 Å². The summed E-state index contributed by atoms with van der Waals surface area (Å²) in [5, 5.41) is 12.0. The highest BCUT2D eigenvalue weighted by atomic mass is 16.6. The van der Waals surface area contributed by atoms with Crippen molar-refractivity contribution in [3.8, 4) is 0 Å². The molecule has 8 atom stereocenters. The Morgan fingerprint density at radius 3 is 2.35 bits per heavy atom. The number of carbonyl (C=O) groups is 3. The predicted molar refractivity (Wildman–Crippen MR) is 124 cm³/mol. The second kappa shape index (κ2) is 8.96. The summed E-state index contributed by atoms with van der Waals surface area (Å²) in [6, 6.07) is 0. The minimum Gasteiger partial charge on any atom is -0.462 e. The fraction of sp³-hybridized carbons (Fsp3) is 0.815. The fourth-order valence-electron chi connectivity index (χ4n) is 8.21. The molecule has 1 N–H and O–H groups in total. The van der Waals surface area contributed by atoms with Gasteiger partial charge in [-0.25, -0.2) is 0 Å². The zero-order chi connectivity index (χ0) is 24.9. The summed E-state index contributed by atoms with van der Waals surface area (Å²) >= 11 is 0. The number of rotatable bonds is 5. The Bertz CT molecular complexity index is 880. The molecule has 34 heavy (non-hydrogen) atoms. The average molecular weight is 477 g/mol. The van der Waals surface area contributed by atoms with E-state index in [1.807, 2.05) is 0 Å². The first-order valence-corrected chi connectivity index (χ1v) is 12.8. The van der Waals surface area contributed by atoms with Crippen molar-refractivity contribution in [2.75, 3.05) is 6.61 Å². The molecule has 0 heterocycles. The highest BCUT2D eigenvalue weighted by molar-refractivity contribution is 5.67. The minimum absolute atomic E-state index is 0.0235. The summed E-state index contributed by atoms with van der Waals surface area (Å²) in [6.45, 7) is 8.53. The third-order valence-corrected chi connectivity index (χ3v) is 9.89. The molecule has 0 bridgehead atoms. The smallest absolute Gasteiger partial charge is 0.303 e. The minimum atomic E-state index is -1.23. The predicted octanol–water partition coefficient (Wildman–Crippen LogP) is 4.11. The third-order valence-electron chi connectivity index (χ3n) is 9.89. The quantitative estimate of drug-likeness (QED) is 0.362. The fourth-order valence-corrected chi connectivity index (χ4v) is 8.21. The lowest BCUT2D eigenvalue weighted by atomic mass is 9.46. The maximum Gasteiger partial charge on any atom is 0.303 e. The van der Waals surface area contributed by atoms with Crippen LogP contribution in [0.5, 0.6) is 0 Å². The van der Waals surface area contributed by atoms with E-state index in [0.717, 1.165) is 44.9 Å². The summed E-state index contributed by atoms with van der Waals surface area (Å²) in [4.78, 5) is 34.8. The summed E-state index contributed by atoms with van der Waals surface area (Å²) in [5.74, 6) is 0.121. The van der Waals surface area contributed by atoms with Crippen LogP contribution >= 0.6 is 0 Å². The Hall–Kier alpha value is -1.89. The van der Waals surface area contributed by atoms with E-state index in [0.29, 0.717) is 24.2 Å². The van der Waals surface area contributed by atoms with Crippen LogP contribution in [0.3, 0.4) is 0 Å². The molecule has 3 fully saturated rings. The van der Waals surface area contributed by atoms with Crippen molar-refractivity contribution in [3.05, 3.63) is 11.6 Å². The summed E-state index contributed by atoms with van der Waals surface area (Å²) in [6.07, 6.45) is 8.38. The first kappa shape index (κ1) is 25.2. The molecule has 0 aliphatic heterocycles. The van der Waals surface area contributed by atoms with Crippen LogP contribution in [0.2, 0.25) is 0 Å². The molecule has 0 aromatic carbocycles. The van der Waals surface area contributed by atoms with Crippen LogP contribution in [0.15, 0.2) is 11.6 Å². The molecule has 7 heteroatoms. The molecule has 0 radical (unpaired) electrons. The van der Waals surface area contributed by atoms with Crippen LogP contribution in [0.25, 0.3) is 0 Å². The van der Waals surface area contributed by atoms with Gasteiger partial charge >= 0.3 is 17.9 Å². The summed E-state index contributed by atoms with van der Waals surface area (Å²) < 4.78 is 16.3. The normalized spacial score (nSPS) is 41.8. The molecule has 7 nitrogen and oxygen atoms in total. The van der Waals surface area contributed by atoms with Crippen LogP contribution in [-0.2, 0) is 28.6 Å². The average Bonchev–Trinajstić information content (AvgIpc) is 3.02. The van der Waals surface area contributed by atoms with Crippen molar-refractivity contribution in [1.82, 2.24) is 0 Å². The molecular weight excluding hydrogens is 436 g/mol. The van der Waals surface area contributed by atoms with Gasteiger partial charge in [0.2, 0.25) is 0 Å². The third kappa shape index (κ3) is 4.08. The second-order valence-electron chi connectivity index (χ2n) is 11.6. The van der Waals surface area contributed by atoms with Crippen LogP contribution in [-0.4, -0.2) is 47.4 Å². The zero-order valence-corrected chi connectivity index (χ0v) is 21.2. The van der Waals surface area contributed by atoms with E-state index in [9.17, 15) is 19.5 Å². The molecular formula is C27H40O7. The van der Waals surface area contributed by atoms with Gasteiger partial charge in [-0.15, -0.1) is 0 Å². The number of fused-ring (bicyclic) bond motifs is 5. The lowest BCUT2D eigenvalue weighted by Gasteiger charge is -2.59. The van der Waals surface area contributed by atoms with Crippen molar-refractivity contribution in [3.63, 3.8) is 0 Å². The van der Waals surface area contributed by atoms with E-state index in [2.05, 4.69) is 19.9 Å². The van der Waals surface area contributed by atoms with Gasteiger partial charge < -0.3 is 19.3 Å².